The quantitative estimate of drug-likeness (QED) is 0.935. The van der Waals surface area contributed by atoms with Crippen molar-refractivity contribution >= 4 is 0 Å². The standard InChI is InChI=1S/C15H19F2N3/c1-4-12-9(2)19-20(10(12)3)15-13(16)7-11(5-6-18)8-14(15)17/h7-8H,4-6,18H2,1-3H3. The Labute approximate surface area is 117 Å². The number of rotatable bonds is 4. The van der Waals surface area contributed by atoms with E-state index in [1.165, 1.54) is 16.8 Å². The molecule has 20 heavy (non-hydrogen) atoms. The molecule has 3 nitrogen and oxygen atoms in total. The Balaban J connectivity index is 2.59. The van der Waals surface area contributed by atoms with Crippen molar-refractivity contribution in [3.8, 4) is 5.69 Å². The topological polar surface area (TPSA) is 43.8 Å². The lowest BCUT2D eigenvalue weighted by atomic mass is 10.1. The van der Waals surface area contributed by atoms with Gasteiger partial charge in [-0.05, 0) is 56.5 Å². The summed E-state index contributed by atoms with van der Waals surface area (Å²) in [6, 6.07) is 2.65. The molecule has 2 rings (SSSR count). The lowest BCUT2D eigenvalue weighted by Crippen LogP contribution is -2.09. The SMILES string of the molecule is CCc1c(C)nn(-c2c(F)cc(CCN)cc2F)c1C. The summed E-state index contributed by atoms with van der Waals surface area (Å²) in [6.07, 6.45) is 1.23. The van der Waals surface area contributed by atoms with E-state index in [1.807, 2.05) is 20.8 Å². The highest BCUT2D eigenvalue weighted by Gasteiger charge is 2.18. The summed E-state index contributed by atoms with van der Waals surface area (Å²) in [6.45, 7) is 6.03. The molecule has 1 heterocycles. The summed E-state index contributed by atoms with van der Waals surface area (Å²) in [5.41, 5.74) is 8.45. The monoisotopic (exact) mass is 279 g/mol. The van der Waals surface area contributed by atoms with E-state index < -0.39 is 11.6 Å². The molecule has 108 valence electrons. The van der Waals surface area contributed by atoms with Crippen molar-refractivity contribution in [2.45, 2.75) is 33.6 Å². The number of nitrogens with zero attached hydrogens (tertiary/aromatic N) is 2. The van der Waals surface area contributed by atoms with E-state index >= 15 is 0 Å². The molecule has 1 aromatic heterocycles. The van der Waals surface area contributed by atoms with Gasteiger partial charge in [0.25, 0.3) is 0 Å². The third-order valence-electron chi connectivity index (χ3n) is 3.52. The fraction of sp³-hybridized carbons (Fsp3) is 0.400. The van der Waals surface area contributed by atoms with Gasteiger partial charge in [0.15, 0.2) is 11.6 Å². The molecule has 0 aliphatic carbocycles. The molecule has 0 spiro atoms. The Morgan fingerprint density at radius 1 is 1.20 bits per heavy atom. The second-order valence-corrected chi connectivity index (χ2v) is 4.86. The van der Waals surface area contributed by atoms with Crippen LogP contribution in [0.1, 0.15) is 29.4 Å². The van der Waals surface area contributed by atoms with Gasteiger partial charge in [0.2, 0.25) is 0 Å². The number of halogens is 2. The summed E-state index contributed by atoms with van der Waals surface area (Å²) in [4.78, 5) is 0. The minimum Gasteiger partial charge on any atom is -0.330 e. The van der Waals surface area contributed by atoms with Crippen LogP contribution >= 0.6 is 0 Å². The van der Waals surface area contributed by atoms with Gasteiger partial charge in [0, 0.05) is 5.69 Å². The maximum atomic E-state index is 14.2. The third kappa shape index (κ3) is 2.45. The molecule has 0 aliphatic heterocycles. The van der Waals surface area contributed by atoms with Crippen molar-refractivity contribution in [2.24, 2.45) is 5.73 Å². The van der Waals surface area contributed by atoms with Crippen molar-refractivity contribution < 1.29 is 8.78 Å². The zero-order valence-corrected chi connectivity index (χ0v) is 12.0. The first-order valence-electron chi connectivity index (χ1n) is 6.73. The Bertz CT molecular complexity index is 609. The van der Waals surface area contributed by atoms with E-state index in [4.69, 9.17) is 5.73 Å². The molecule has 1 aromatic carbocycles. The summed E-state index contributed by atoms with van der Waals surface area (Å²) in [7, 11) is 0. The maximum Gasteiger partial charge on any atom is 0.152 e. The maximum absolute atomic E-state index is 14.2. The first-order valence-corrected chi connectivity index (χ1v) is 6.73. The Hall–Kier alpha value is -1.75. The normalized spacial score (nSPS) is 11.1. The number of nitrogens with two attached hydrogens (primary N) is 1. The number of hydrogen-bond acceptors (Lipinski definition) is 2. The number of benzene rings is 1. The van der Waals surface area contributed by atoms with Gasteiger partial charge in [-0.3, -0.25) is 0 Å². The number of aryl methyl sites for hydroxylation is 1. The summed E-state index contributed by atoms with van der Waals surface area (Å²) >= 11 is 0. The van der Waals surface area contributed by atoms with Crippen LogP contribution in [0.4, 0.5) is 8.78 Å². The molecule has 2 aromatic rings. The van der Waals surface area contributed by atoms with Crippen LogP contribution in [0.15, 0.2) is 12.1 Å². The van der Waals surface area contributed by atoms with Crippen molar-refractivity contribution in [3.05, 3.63) is 46.3 Å². The minimum atomic E-state index is -0.610. The molecule has 0 saturated heterocycles. The largest absolute Gasteiger partial charge is 0.330 e. The third-order valence-corrected chi connectivity index (χ3v) is 3.52. The van der Waals surface area contributed by atoms with Crippen LogP contribution in [0.3, 0.4) is 0 Å². The smallest absolute Gasteiger partial charge is 0.152 e. The van der Waals surface area contributed by atoms with Gasteiger partial charge < -0.3 is 5.73 Å². The molecule has 0 saturated carbocycles. The lowest BCUT2D eigenvalue weighted by molar-refractivity contribution is 0.553. The van der Waals surface area contributed by atoms with Crippen LogP contribution in [0.5, 0.6) is 0 Å². The number of hydrogen-bond donors (Lipinski definition) is 1. The van der Waals surface area contributed by atoms with Gasteiger partial charge in [0.05, 0.1) is 5.69 Å². The molecule has 0 fully saturated rings. The van der Waals surface area contributed by atoms with E-state index in [2.05, 4.69) is 5.10 Å². The fourth-order valence-electron chi connectivity index (χ4n) is 2.54. The molecular formula is C15H19F2N3. The average Bonchev–Trinajstić information content (AvgIpc) is 2.64. The molecule has 0 radical (unpaired) electrons. The van der Waals surface area contributed by atoms with Gasteiger partial charge in [-0.15, -0.1) is 0 Å². The molecule has 0 aliphatic rings. The first-order chi connectivity index (χ1) is 9.49. The van der Waals surface area contributed by atoms with Crippen molar-refractivity contribution in [1.82, 2.24) is 9.78 Å². The zero-order valence-electron chi connectivity index (χ0n) is 12.0. The molecule has 0 amide bonds. The molecular weight excluding hydrogens is 260 g/mol. The predicted octanol–water partition coefficient (Wildman–Crippen LogP) is 2.83. The highest BCUT2D eigenvalue weighted by molar-refractivity contribution is 5.41. The zero-order chi connectivity index (χ0) is 14.9. The van der Waals surface area contributed by atoms with Crippen LogP contribution in [0.25, 0.3) is 5.69 Å². The fourth-order valence-corrected chi connectivity index (χ4v) is 2.54. The second kappa shape index (κ2) is 5.71. The number of aromatic nitrogens is 2. The minimum absolute atomic E-state index is 0.119. The van der Waals surface area contributed by atoms with E-state index in [1.54, 1.807) is 0 Å². The van der Waals surface area contributed by atoms with E-state index in [0.29, 0.717) is 18.5 Å². The molecule has 0 atom stereocenters. The lowest BCUT2D eigenvalue weighted by Gasteiger charge is -2.10. The second-order valence-electron chi connectivity index (χ2n) is 4.86. The van der Waals surface area contributed by atoms with Crippen molar-refractivity contribution in [2.75, 3.05) is 6.54 Å². The van der Waals surface area contributed by atoms with Crippen LogP contribution in [0, 0.1) is 25.5 Å². The Morgan fingerprint density at radius 2 is 1.80 bits per heavy atom. The molecule has 5 heteroatoms. The summed E-state index contributed by atoms with van der Waals surface area (Å²) < 4.78 is 29.8. The van der Waals surface area contributed by atoms with Crippen molar-refractivity contribution in [1.29, 1.82) is 0 Å². The van der Waals surface area contributed by atoms with Crippen LogP contribution < -0.4 is 5.73 Å². The highest BCUT2D eigenvalue weighted by atomic mass is 19.1. The summed E-state index contributed by atoms with van der Waals surface area (Å²) in [5, 5.41) is 4.26. The molecule has 2 N–H and O–H groups in total. The highest BCUT2D eigenvalue weighted by Crippen LogP contribution is 2.24. The van der Waals surface area contributed by atoms with Gasteiger partial charge in [-0.25, -0.2) is 13.5 Å². The van der Waals surface area contributed by atoms with Crippen LogP contribution in [-0.2, 0) is 12.8 Å². The van der Waals surface area contributed by atoms with Gasteiger partial charge in [-0.1, -0.05) is 6.92 Å². The average molecular weight is 279 g/mol. The Morgan fingerprint density at radius 3 is 2.25 bits per heavy atom. The molecule has 0 unspecified atom stereocenters. The van der Waals surface area contributed by atoms with Gasteiger partial charge in [-0.2, -0.15) is 5.10 Å². The van der Waals surface area contributed by atoms with Crippen LogP contribution in [0.2, 0.25) is 0 Å². The van der Waals surface area contributed by atoms with Gasteiger partial charge in [0.1, 0.15) is 5.69 Å². The van der Waals surface area contributed by atoms with Gasteiger partial charge >= 0.3 is 0 Å². The van der Waals surface area contributed by atoms with Crippen molar-refractivity contribution in [3.63, 3.8) is 0 Å². The predicted molar refractivity (Wildman–Crippen MR) is 75.1 cm³/mol. The first kappa shape index (κ1) is 14.7. The van der Waals surface area contributed by atoms with E-state index in [0.717, 1.165) is 23.4 Å². The van der Waals surface area contributed by atoms with E-state index in [9.17, 15) is 8.78 Å². The van der Waals surface area contributed by atoms with E-state index in [-0.39, 0.29) is 5.69 Å². The van der Waals surface area contributed by atoms with Crippen LogP contribution in [-0.4, -0.2) is 16.3 Å². The summed E-state index contributed by atoms with van der Waals surface area (Å²) in [5.74, 6) is -1.22. The Kier molecular flexibility index (Phi) is 4.18. The molecule has 0 bridgehead atoms.